The Bertz CT molecular complexity index is 1370. The summed E-state index contributed by atoms with van der Waals surface area (Å²) in [6.07, 6.45) is 3.06. The minimum absolute atomic E-state index is 0.00959. The Morgan fingerprint density at radius 1 is 1.18 bits per heavy atom. The summed E-state index contributed by atoms with van der Waals surface area (Å²) in [6.45, 7) is 1.17. The molecule has 5 rings (SSSR count). The Morgan fingerprint density at radius 2 is 1.91 bits per heavy atom. The maximum Gasteiger partial charge on any atom is 0.341 e. The number of nitrogens with zero attached hydrogens (tertiary/aromatic N) is 2. The molecule has 0 saturated carbocycles. The molecule has 174 valence electrons. The average Bonchev–Trinajstić information content (AvgIpc) is 3.21. The highest BCUT2D eigenvalue weighted by atomic mass is 19.1. The Balaban J connectivity index is 1.88. The summed E-state index contributed by atoms with van der Waals surface area (Å²) in [5.41, 5.74) is 3.54. The summed E-state index contributed by atoms with van der Waals surface area (Å²) in [7, 11) is 1.37. The fourth-order valence-electron chi connectivity index (χ4n) is 4.76. The van der Waals surface area contributed by atoms with E-state index in [-0.39, 0.29) is 28.9 Å². The second-order valence-corrected chi connectivity index (χ2v) is 8.22. The number of hydrogen-bond donors (Lipinski definition) is 2. The monoisotopic (exact) mass is 462 g/mol. The lowest BCUT2D eigenvalue weighted by molar-refractivity contribution is 0.0692. The van der Waals surface area contributed by atoms with Gasteiger partial charge in [0.1, 0.15) is 17.1 Å². The Morgan fingerprint density at radius 3 is 2.59 bits per heavy atom. The van der Waals surface area contributed by atoms with Gasteiger partial charge < -0.3 is 24.3 Å². The molecule has 4 aromatic rings. The van der Waals surface area contributed by atoms with Crippen molar-refractivity contribution in [3.63, 3.8) is 0 Å². The smallest absolute Gasteiger partial charge is 0.341 e. The predicted molar refractivity (Wildman–Crippen MR) is 124 cm³/mol. The van der Waals surface area contributed by atoms with Crippen LogP contribution in [0.15, 0.2) is 54.7 Å². The summed E-state index contributed by atoms with van der Waals surface area (Å²) in [5, 5.41) is 21.3. The number of aromatic carboxylic acids is 1. The molecule has 7 nitrogen and oxygen atoms in total. The number of halogens is 1. The Labute approximate surface area is 195 Å². The fourth-order valence-corrected chi connectivity index (χ4v) is 4.76. The van der Waals surface area contributed by atoms with Gasteiger partial charge in [0.25, 0.3) is 0 Å². The van der Waals surface area contributed by atoms with Crippen molar-refractivity contribution in [2.75, 3.05) is 20.3 Å². The van der Waals surface area contributed by atoms with Gasteiger partial charge >= 0.3 is 5.97 Å². The van der Waals surface area contributed by atoms with Gasteiger partial charge in [-0.15, -0.1) is 0 Å². The van der Waals surface area contributed by atoms with Crippen LogP contribution in [0.5, 0.6) is 11.6 Å². The van der Waals surface area contributed by atoms with Crippen molar-refractivity contribution < 1.29 is 28.9 Å². The molecule has 0 bridgehead atoms. The molecule has 0 spiro atoms. The minimum atomic E-state index is -1.16. The van der Waals surface area contributed by atoms with Gasteiger partial charge in [-0.1, -0.05) is 6.07 Å². The fraction of sp³-hybridized carbons (Fsp3) is 0.231. The number of methoxy groups -OCH3 is 1. The molecule has 0 unspecified atom stereocenters. The standard InChI is InChI=1S/C26H23FN2O5/c1-33-25-19(26(31)32)13-16(14-28-25)22-23-20(3-2-4-21(23)30)29(18-7-5-17(27)6-8-18)24(22)15-9-11-34-12-10-15/h2-8,13-15,30H,9-12H2,1H3,(H,31,32). The molecular formula is C26H23FN2O5. The van der Waals surface area contributed by atoms with Gasteiger partial charge in [-0.25, -0.2) is 14.2 Å². The van der Waals surface area contributed by atoms with Gasteiger partial charge in [-0.05, 0) is 55.3 Å². The molecule has 0 aliphatic carbocycles. The Kier molecular flexibility index (Phi) is 5.67. The van der Waals surface area contributed by atoms with Gasteiger partial charge in [0.05, 0.1) is 18.0 Å². The van der Waals surface area contributed by atoms with Crippen LogP contribution in [-0.2, 0) is 4.74 Å². The summed E-state index contributed by atoms with van der Waals surface area (Å²) in [5.74, 6) is -1.37. The summed E-state index contributed by atoms with van der Waals surface area (Å²) in [6, 6.07) is 12.9. The number of fused-ring (bicyclic) bond motifs is 1. The van der Waals surface area contributed by atoms with E-state index in [0.717, 1.165) is 29.7 Å². The van der Waals surface area contributed by atoms with Crippen molar-refractivity contribution >= 4 is 16.9 Å². The number of carboxylic acids is 1. The van der Waals surface area contributed by atoms with Crippen LogP contribution in [0.4, 0.5) is 4.39 Å². The molecule has 0 radical (unpaired) electrons. The number of carbonyl (C=O) groups is 1. The molecule has 1 fully saturated rings. The highest BCUT2D eigenvalue weighted by Gasteiger charge is 2.30. The summed E-state index contributed by atoms with van der Waals surface area (Å²) >= 11 is 0. The zero-order valence-electron chi connectivity index (χ0n) is 18.5. The molecule has 8 heteroatoms. The molecule has 3 heterocycles. The van der Waals surface area contributed by atoms with Gasteiger partial charge in [0.2, 0.25) is 5.88 Å². The third kappa shape index (κ3) is 3.66. The normalized spacial score (nSPS) is 14.4. The third-order valence-electron chi connectivity index (χ3n) is 6.26. The second kappa shape index (κ2) is 8.79. The number of phenolic OH excluding ortho intramolecular Hbond substituents is 1. The second-order valence-electron chi connectivity index (χ2n) is 8.22. The van der Waals surface area contributed by atoms with Gasteiger partial charge in [0.15, 0.2) is 0 Å². The predicted octanol–water partition coefficient (Wildman–Crippen LogP) is 5.14. The maximum absolute atomic E-state index is 13.8. The molecule has 2 N–H and O–H groups in total. The number of rotatable bonds is 5. The summed E-state index contributed by atoms with van der Waals surface area (Å²) in [4.78, 5) is 16.2. The summed E-state index contributed by atoms with van der Waals surface area (Å²) < 4.78 is 26.5. The third-order valence-corrected chi connectivity index (χ3v) is 6.26. The maximum atomic E-state index is 13.8. The molecule has 1 aliphatic heterocycles. The lowest BCUT2D eigenvalue weighted by Crippen LogP contribution is -2.17. The molecule has 34 heavy (non-hydrogen) atoms. The van der Waals surface area contributed by atoms with Crippen LogP contribution in [0.3, 0.4) is 0 Å². The van der Waals surface area contributed by atoms with Crippen LogP contribution in [0.25, 0.3) is 27.7 Å². The first kappa shape index (κ1) is 21.9. The highest BCUT2D eigenvalue weighted by molar-refractivity contribution is 6.04. The van der Waals surface area contributed by atoms with Gasteiger partial charge in [0, 0.05) is 47.8 Å². The van der Waals surface area contributed by atoms with E-state index in [1.807, 2.05) is 10.6 Å². The SMILES string of the molecule is COc1ncc(-c2c(C3CCOCC3)n(-c3ccc(F)cc3)c3cccc(O)c23)cc1C(=O)O. The van der Waals surface area contributed by atoms with E-state index in [9.17, 15) is 19.4 Å². The number of benzene rings is 2. The number of phenols is 1. The number of carboxylic acid groups (broad SMARTS) is 1. The molecule has 1 saturated heterocycles. The first-order valence-corrected chi connectivity index (χ1v) is 11.0. The lowest BCUT2D eigenvalue weighted by atomic mass is 9.90. The number of aromatic hydroxyl groups is 1. The van der Waals surface area contributed by atoms with Crippen LogP contribution in [-0.4, -0.2) is 46.1 Å². The molecule has 1 aliphatic rings. The van der Waals surface area contributed by atoms with Crippen LogP contribution in [0, 0.1) is 5.82 Å². The van der Waals surface area contributed by atoms with E-state index >= 15 is 0 Å². The van der Waals surface area contributed by atoms with Crippen LogP contribution >= 0.6 is 0 Å². The van der Waals surface area contributed by atoms with Crippen LogP contribution in [0.1, 0.15) is 34.8 Å². The molecule has 0 amide bonds. The van der Waals surface area contributed by atoms with E-state index in [2.05, 4.69) is 4.98 Å². The van der Waals surface area contributed by atoms with Crippen LogP contribution < -0.4 is 4.74 Å². The molecular weight excluding hydrogens is 439 g/mol. The zero-order valence-corrected chi connectivity index (χ0v) is 18.5. The van der Waals surface area contributed by atoms with Gasteiger partial charge in [-0.3, -0.25) is 0 Å². The number of hydrogen-bond acceptors (Lipinski definition) is 5. The quantitative estimate of drug-likeness (QED) is 0.427. The van der Waals surface area contributed by atoms with Crippen molar-refractivity contribution in [1.82, 2.24) is 9.55 Å². The lowest BCUT2D eigenvalue weighted by Gasteiger charge is -2.26. The van der Waals surface area contributed by atoms with Crippen molar-refractivity contribution in [3.8, 4) is 28.4 Å². The largest absolute Gasteiger partial charge is 0.507 e. The first-order chi connectivity index (χ1) is 16.5. The minimum Gasteiger partial charge on any atom is -0.507 e. The highest BCUT2D eigenvalue weighted by Crippen LogP contribution is 2.46. The Hall–Kier alpha value is -3.91. The van der Waals surface area contributed by atoms with Crippen molar-refractivity contribution in [2.45, 2.75) is 18.8 Å². The van der Waals surface area contributed by atoms with E-state index in [1.54, 1.807) is 30.5 Å². The van der Waals surface area contributed by atoms with Crippen LogP contribution in [0.2, 0.25) is 0 Å². The van der Waals surface area contributed by atoms with Crippen molar-refractivity contribution in [3.05, 3.63) is 71.8 Å². The van der Waals surface area contributed by atoms with E-state index in [4.69, 9.17) is 9.47 Å². The average molecular weight is 462 g/mol. The van der Waals surface area contributed by atoms with E-state index < -0.39 is 5.97 Å². The van der Waals surface area contributed by atoms with Gasteiger partial charge in [-0.2, -0.15) is 0 Å². The van der Waals surface area contributed by atoms with E-state index in [0.29, 0.717) is 29.7 Å². The molecule has 0 atom stereocenters. The van der Waals surface area contributed by atoms with Crippen molar-refractivity contribution in [1.29, 1.82) is 0 Å². The molecule has 2 aromatic carbocycles. The first-order valence-electron chi connectivity index (χ1n) is 11.0. The zero-order chi connectivity index (χ0) is 23.8. The van der Waals surface area contributed by atoms with E-state index in [1.165, 1.54) is 25.3 Å². The van der Waals surface area contributed by atoms with Crippen molar-refractivity contribution in [2.24, 2.45) is 0 Å². The topological polar surface area (TPSA) is 93.8 Å². The number of ether oxygens (including phenoxy) is 2. The number of pyridine rings is 1. The number of aromatic nitrogens is 2. The molecule has 2 aromatic heterocycles.